The Balaban J connectivity index is 1.47. The first-order valence-electron chi connectivity index (χ1n) is 10.2. The maximum Gasteiger partial charge on any atom is 0.228 e. The first-order chi connectivity index (χ1) is 16.0. The quantitative estimate of drug-likeness (QED) is 0.330. The fraction of sp³-hybridized carbons (Fsp3) is 0.125. The van der Waals surface area contributed by atoms with Crippen LogP contribution in [0.25, 0.3) is 11.1 Å². The fourth-order valence-corrected chi connectivity index (χ4v) is 4.28. The number of nitrogens with zero attached hydrogens (tertiary/aromatic N) is 2. The lowest BCUT2D eigenvalue weighted by Crippen LogP contribution is -2.14. The number of carbonyl (C=O) groups excluding carboxylic acids is 1. The third kappa shape index (κ3) is 5.87. The van der Waals surface area contributed by atoms with Gasteiger partial charge in [0.1, 0.15) is 5.82 Å². The predicted molar refractivity (Wildman–Crippen MR) is 133 cm³/mol. The van der Waals surface area contributed by atoms with Crippen molar-refractivity contribution < 1.29 is 9.53 Å². The van der Waals surface area contributed by atoms with Gasteiger partial charge in [0.15, 0.2) is 0 Å². The van der Waals surface area contributed by atoms with E-state index in [1.165, 1.54) is 11.3 Å². The number of rotatable bonds is 8. The molecule has 2 heterocycles. The molecule has 0 saturated carbocycles. The highest BCUT2D eigenvalue weighted by molar-refractivity contribution is 7.14. The molecule has 0 fully saturated rings. The Morgan fingerprint density at radius 2 is 1.76 bits per heavy atom. The normalized spacial score (nSPS) is 10.8. The van der Waals surface area contributed by atoms with Gasteiger partial charge in [-0.15, -0.1) is 11.3 Å². The van der Waals surface area contributed by atoms with Gasteiger partial charge < -0.3 is 21.5 Å². The lowest BCUT2D eigenvalue weighted by molar-refractivity contribution is -0.115. The van der Waals surface area contributed by atoms with Gasteiger partial charge in [-0.1, -0.05) is 54.1 Å². The number of carbonyl (C=O) groups is 1. The van der Waals surface area contributed by atoms with E-state index in [2.05, 4.69) is 15.3 Å². The van der Waals surface area contributed by atoms with E-state index in [4.69, 9.17) is 27.8 Å². The van der Waals surface area contributed by atoms with Crippen LogP contribution in [0.4, 0.5) is 17.5 Å². The molecule has 0 spiro atoms. The lowest BCUT2D eigenvalue weighted by Gasteiger charge is -2.13. The van der Waals surface area contributed by atoms with Crippen LogP contribution < -0.4 is 16.8 Å². The molecule has 7 nitrogen and oxygen atoms in total. The summed E-state index contributed by atoms with van der Waals surface area (Å²) in [5.74, 6) is 0.212. The summed E-state index contributed by atoms with van der Waals surface area (Å²) in [7, 11) is 0. The number of hydrogen-bond acceptors (Lipinski definition) is 7. The van der Waals surface area contributed by atoms with Gasteiger partial charge in [-0.05, 0) is 40.3 Å². The van der Waals surface area contributed by atoms with Crippen LogP contribution in [0.1, 0.15) is 16.8 Å². The molecule has 0 radical (unpaired) electrons. The summed E-state index contributed by atoms with van der Waals surface area (Å²) in [5.41, 5.74) is 16.6. The van der Waals surface area contributed by atoms with Gasteiger partial charge in [-0.25, -0.2) is 4.98 Å². The highest BCUT2D eigenvalue weighted by atomic mass is 35.5. The molecular formula is C24H22ClN5O2S. The van der Waals surface area contributed by atoms with Gasteiger partial charge in [0, 0.05) is 11.3 Å². The van der Waals surface area contributed by atoms with Gasteiger partial charge in [-0.3, -0.25) is 4.79 Å². The number of hydrogen-bond donors (Lipinski definition) is 3. The minimum atomic E-state index is -0.145. The fourth-order valence-electron chi connectivity index (χ4n) is 3.35. The number of anilines is 3. The van der Waals surface area contributed by atoms with Crippen molar-refractivity contribution in [1.29, 1.82) is 0 Å². The van der Waals surface area contributed by atoms with Gasteiger partial charge in [0.25, 0.3) is 0 Å². The smallest absolute Gasteiger partial charge is 0.228 e. The number of amides is 1. The molecule has 168 valence electrons. The van der Waals surface area contributed by atoms with E-state index < -0.39 is 0 Å². The Morgan fingerprint density at radius 1 is 1.00 bits per heavy atom. The highest BCUT2D eigenvalue weighted by Crippen LogP contribution is 2.30. The molecule has 9 heteroatoms. The van der Waals surface area contributed by atoms with Crippen LogP contribution in [0, 0.1) is 0 Å². The Bertz CT molecular complexity index is 1250. The Morgan fingerprint density at radius 3 is 2.45 bits per heavy atom. The first kappa shape index (κ1) is 22.7. The van der Waals surface area contributed by atoms with Gasteiger partial charge in [-0.2, -0.15) is 4.98 Å². The second kappa shape index (κ2) is 10.4. The summed E-state index contributed by atoms with van der Waals surface area (Å²) in [6.07, 6.45) is 0.214. The molecule has 2 aromatic heterocycles. The summed E-state index contributed by atoms with van der Waals surface area (Å²) in [4.78, 5) is 20.8. The minimum Gasteiger partial charge on any atom is -0.383 e. The van der Waals surface area contributed by atoms with Crippen molar-refractivity contribution in [2.45, 2.75) is 19.6 Å². The summed E-state index contributed by atoms with van der Waals surface area (Å²) in [5, 5.41) is 4.74. The molecular weight excluding hydrogens is 458 g/mol. The van der Waals surface area contributed by atoms with Crippen LogP contribution >= 0.6 is 22.9 Å². The van der Waals surface area contributed by atoms with Crippen LogP contribution in [0.15, 0.2) is 66.0 Å². The highest BCUT2D eigenvalue weighted by Gasteiger charge is 2.15. The van der Waals surface area contributed by atoms with Gasteiger partial charge in [0.2, 0.25) is 11.9 Å². The van der Waals surface area contributed by atoms with E-state index in [9.17, 15) is 4.79 Å². The largest absolute Gasteiger partial charge is 0.383 e. The molecule has 4 aromatic rings. The van der Waals surface area contributed by atoms with Gasteiger partial charge >= 0.3 is 0 Å². The summed E-state index contributed by atoms with van der Waals surface area (Å²) in [6, 6.07) is 19.0. The average molecular weight is 480 g/mol. The molecule has 0 aliphatic heterocycles. The molecule has 4 rings (SSSR count). The second-order valence-corrected chi connectivity index (χ2v) is 8.81. The van der Waals surface area contributed by atoms with Crippen LogP contribution in [-0.2, 0) is 29.2 Å². The Hall–Kier alpha value is -3.46. The van der Waals surface area contributed by atoms with Crippen molar-refractivity contribution in [2.24, 2.45) is 0 Å². The number of aromatic nitrogens is 2. The lowest BCUT2D eigenvalue weighted by atomic mass is 10.0. The molecule has 0 aliphatic carbocycles. The second-order valence-electron chi connectivity index (χ2n) is 7.29. The zero-order valence-corrected chi connectivity index (χ0v) is 19.2. The zero-order chi connectivity index (χ0) is 23.2. The van der Waals surface area contributed by atoms with E-state index in [1.807, 2.05) is 53.9 Å². The summed E-state index contributed by atoms with van der Waals surface area (Å²) in [6.45, 7) is 0.657. The first-order valence-corrected chi connectivity index (χ1v) is 11.4. The van der Waals surface area contributed by atoms with Crippen molar-refractivity contribution in [2.75, 3.05) is 16.8 Å². The van der Waals surface area contributed by atoms with E-state index in [0.717, 1.165) is 16.7 Å². The monoisotopic (exact) mass is 479 g/mol. The average Bonchev–Trinajstić information content (AvgIpc) is 3.19. The van der Waals surface area contributed by atoms with Crippen molar-refractivity contribution in [3.8, 4) is 11.1 Å². The van der Waals surface area contributed by atoms with Crippen LogP contribution in [0.3, 0.4) is 0 Å². The SMILES string of the molecule is Nc1nc(N)c(-c2ccc(NC(=O)Cc3ccsc3Cl)cc2)c(COCc2ccccc2)n1. The minimum absolute atomic E-state index is 0.0885. The Labute approximate surface area is 200 Å². The van der Waals surface area contributed by atoms with Crippen molar-refractivity contribution in [1.82, 2.24) is 9.97 Å². The topological polar surface area (TPSA) is 116 Å². The molecule has 1 amide bonds. The summed E-state index contributed by atoms with van der Waals surface area (Å²) < 4.78 is 6.47. The molecule has 33 heavy (non-hydrogen) atoms. The zero-order valence-electron chi connectivity index (χ0n) is 17.6. The van der Waals surface area contributed by atoms with Crippen molar-refractivity contribution in [3.63, 3.8) is 0 Å². The maximum absolute atomic E-state index is 12.3. The number of benzene rings is 2. The number of ether oxygens (including phenoxy) is 1. The van der Waals surface area contributed by atoms with Crippen LogP contribution in [0.5, 0.6) is 0 Å². The third-order valence-corrected chi connectivity index (χ3v) is 6.13. The number of halogens is 1. The molecule has 5 N–H and O–H groups in total. The van der Waals surface area contributed by atoms with Crippen molar-refractivity contribution in [3.05, 3.63) is 87.2 Å². The van der Waals surface area contributed by atoms with Gasteiger partial charge in [0.05, 0.1) is 29.7 Å². The van der Waals surface area contributed by atoms with E-state index in [-0.39, 0.29) is 30.7 Å². The van der Waals surface area contributed by atoms with Crippen LogP contribution in [0.2, 0.25) is 4.34 Å². The van der Waals surface area contributed by atoms with E-state index in [1.54, 1.807) is 12.1 Å². The maximum atomic E-state index is 12.3. The molecule has 0 aliphatic rings. The molecule has 2 aromatic carbocycles. The third-order valence-electron chi connectivity index (χ3n) is 4.88. The Kier molecular flexibility index (Phi) is 7.19. The number of nitrogens with one attached hydrogen (secondary N) is 1. The molecule has 0 atom stereocenters. The molecule has 0 unspecified atom stereocenters. The standard InChI is InChI=1S/C24H22ClN5O2S/c25-22-17(10-11-33-22)12-20(31)28-18-8-6-16(7-9-18)21-19(29-24(27)30-23(21)26)14-32-13-15-4-2-1-3-5-15/h1-11H,12-14H2,(H,28,31)(H4,26,27,29,30). The number of nitrogen functional groups attached to an aromatic ring is 2. The van der Waals surface area contributed by atoms with E-state index in [0.29, 0.717) is 27.9 Å². The number of nitrogens with two attached hydrogens (primary N) is 2. The van der Waals surface area contributed by atoms with Crippen molar-refractivity contribution >= 4 is 46.3 Å². The van der Waals surface area contributed by atoms with E-state index >= 15 is 0 Å². The molecule has 0 bridgehead atoms. The summed E-state index contributed by atoms with van der Waals surface area (Å²) >= 11 is 7.49. The molecule has 0 saturated heterocycles. The van der Waals surface area contributed by atoms with Crippen LogP contribution in [-0.4, -0.2) is 15.9 Å². The predicted octanol–water partition coefficient (Wildman–Crippen LogP) is 4.92. The number of thiophene rings is 1.